The first kappa shape index (κ1) is 18.4. The minimum absolute atomic E-state index is 0.0257. The molecule has 0 unspecified atom stereocenters. The summed E-state index contributed by atoms with van der Waals surface area (Å²) in [5.41, 5.74) is 2.10. The lowest BCUT2D eigenvalue weighted by Gasteiger charge is -2.34. The second-order valence-electron chi connectivity index (χ2n) is 7.32. The van der Waals surface area contributed by atoms with E-state index in [1.807, 2.05) is 34.9 Å². The highest BCUT2D eigenvalue weighted by molar-refractivity contribution is 7.09. The van der Waals surface area contributed by atoms with Gasteiger partial charge in [-0.05, 0) is 37.8 Å². The molecule has 0 atom stereocenters. The van der Waals surface area contributed by atoms with E-state index < -0.39 is 0 Å². The summed E-state index contributed by atoms with van der Waals surface area (Å²) < 4.78 is 1.98. The lowest BCUT2D eigenvalue weighted by atomic mass is 10.0. The Kier molecular flexibility index (Phi) is 5.71. The van der Waals surface area contributed by atoms with Crippen molar-refractivity contribution in [3.8, 4) is 0 Å². The van der Waals surface area contributed by atoms with Gasteiger partial charge in [0.1, 0.15) is 0 Å². The minimum atomic E-state index is 0.0257. The molecule has 1 fully saturated rings. The second kappa shape index (κ2) is 8.37. The van der Waals surface area contributed by atoms with Gasteiger partial charge in [-0.2, -0.15) is 0 Å². The van der Waals surface area contributed by atoms with Crippen LogP contribution in [-0.4, -0.2) is 53.0 Å². The summed E-state index contributed by atoms with van der Waals surface area (Å²) >= 11 is 1.43. The molecule has 6 nitrogen and oxygen atoms in total. The highest BCUT2D eigenvalue weighted by Crippen LogP contribution is 2.23. The zero-order valence-electron chi connectivity index (χ0n) is 15.5. The van der Waals surface area contributed by atoms with Crippen molar-refractivity contribution in [3.05, 3.63) is 50.6 Å². The van der Waals surface area contributed by atoms with Gasteiger partial charge in [0.15, 0.2) is 0 Å². The van der Waals surface area contributed by atoms with Gasteiger partial charge >= 0.3 is 4.87 Å². The fraction of sp³-hybridized carbons (Fsp3) is 0.500. The number of fused-ring (bicyclic) bond motifs is 1. The maximum atomic E-state index is 12.4. The molecule has 2 heterocycles. The summed E-state index contributed by atoms with van der Waals surface area (Å²) in [4.78, 5) is 30.6. The van der Waals surface area contributed by atoms with Crippen LogP contribution in [0, 0.1) is 0 Å². The number of rotatable bonds is 5. The molecule has 1 aliphatic heterocycles. The molecule has 27 heavy (non-hydrogen) atoms. The number of anilines is 1. The Balaban J connectivity index is 1.28. The molecule has 4 rings (SSSR count). The highest BCUT2D eigenvalue weighted by Gasteiger charge is 2.23. The SMILES string of the molecule is O=C(CN1CCN(Cn2c3c(sc2=O)CCCC3)CC1)Nc1ccccc1. The van der Waals surface area contributed by atoms with Crippen molar-refractivity contribution in [2.24, 2.45) is 0 Å². The molecule has 1 aliphatic carbocycles. The molecule has 1 amide bonds. The average molecular weight is 387 g/mol. The molecular weight excluding hydrogens is 360 g/mol. The van der Waals surface area contributed by atoms with Crippen LogP contribution >= 0.6 is 11.3 Å². The molecule has 1 saturated heterocycles. The normalized spacial score (nSPS) is 18.2. The maximum Gasteiger partial charge on any atom is 0.308 e. The number of aromatic nitrogens is 1. The predicted molar refractivity (Wildman–Crippen MR) is 108 cm³/mol. The summed E-state index contributed by atoms with van der Waals surface area (Å²) in [6.45, 7) is 4.57. The third kappa shape index (κ3) is 4.48. The van der Waals surface area contributed by atoms with Gasteiger partial charge in [-0.15, -0.1) is 0 Å². The van der Waals surface area contributed by atoms with Crippen LogP contribution in [0.4, 0.5) is 5.69 Å². The van der Waals surface area contributed by atoms with Crippen molar-refractivity contribution >= 4 is 22.9 Å². The Morgan fingerprint density at radius 3 is 2.48 bits per heavy atom. The molecule has 2 aromatic rings. The molecule has 144 valence electrons. The summed E-state index contributed by atoms with van der Waals surface area (Å²) in [6.07, 6.45) is 4.49. The molecule has 7 heteroatoms. The number of piperazine rings is 1. The molecule has 0 saturated carbocycles. The highest BCUT2D eigenvalue weighted by atomic mass is 32.1. The standard InChI is InChI=1S/C20H26N4O2S/c25-19(21-16-6-2-1-3-7-16)14-22-10-12-23(13-11-22)15-24-17-8-4-5-9-18(17)27-20(24)26/h1-3,6-7H,4-5,8-15H2,(H,21,25). The maximum absolute atomic E-state index is 12.4. The first-order valence-corrected chi connectivity index (χ1v) is 10.5. The molecule has 1 N–H and O–H groups in total. The van der Waals surface area contributed by atoms with Crippen molar-refractivity contribution in [2.75, 3.05) is 38.0 Å². The van der Waals surface area contributed by atoms with Gasteiger partial charge < -0.3 is 5.32 Å². The largest absolute Gasteiger partial charge is 0.325 e. The van der Waals surface area contributed by atoms with E-state index >= 15 is 0 Å². The van der Waals surface area contributed by atoms with Crippen LogP contribution in [0.5, 0.6) is 0 Å². The van der Waals surface area contributed by atoms with Crippen molar-refractivity contribution in [1.29, 1.82) is 0 Å². The Labute approximate surface area is 163 Å². The number of hydrogen-bond acceptors (Lipinski definition) is 5. The Morgan fingerprint density at radius 1 is 1.00 bits per heavy atom. The van der Waals surface area contributed by atoms with E-state index in [0.29, 0.717) is 13.2 Å². The van der Waals surface area contributed by atoms with Crippen LogP contribution < -0.4 is 10.2 Å². The Bertz CT molecular complexity index is 837. The fourth-order valence-corrected chi connectivity index (χ4v) is 4.95. The number of hydrogen-bond donors (Lipinski definition) is 1. The number of aryl methyl sites for hydroxylation is 1. The van der Waals surface area contributed by atoms with Gasteiger partial charge in [-0.3, -0.25) is 24.0 Å². The van der Waals surface area contributed by atoms with Crippen molar-refractivity contribution in [1.82, 2.24) is 14.4 Å². The monoisotopic (exact) mass is 386 g/mol. The van der Waals surface area contributed by atoms with Gasteiger partial charge in [0.05, 0.1) is 13.2 Å². The van der Waals surface area contributed by atoms with Crippen LogP contribution in [0.15, 0.2) is 35.1 Å². The van der Waals surface area contributed by atoms with Gasteiger partial charge in [0.2, 0.25) is 5.91 Å². The lowest BCUT2D eigenvalue weighted by Crippen LogP contribution is -2.49. The van der Waals surface area contributed by atoms with Crippen LogP contribution in [0.25, 0.3) is 0 Å². The summed E-state index contributed by atoms with van der Waals surface area (Å²) in [5, 5.41) is 2.94. The number of thiazole rings is 1. The molecule has 0 radical (unpaired) electrons. The first-order valence-electron chi connectivity index (χ1n) is 9.70. The minimum Gasteiger partial charge on any atom is -0.325 e. The molecule has 0 spiro atoms. The fourth-order valence-electron chi connectivity index (χ4n) is 3.88. The summed E-state index contributed by atoms with van der Waals surface area (Å²) in [5.74, 6) is 0.0257. The van der Waals surface area contributed by atoms with Gasteiger partial charge in [-0.1, -0.05) is 29.5 Å². The zero-order chi connectivity index (χ0) is 18.6. The molecule has 1 aromatic heterocycles. The molecule has 1 aromatic carbocycles. The van der Waals surface area contributed by atoms with Gasteiger partial charge in [-0.25, -0.2) is 0 Å². The first-order chi connectivity index (χ1) is 13.2. The van der Waals surface area contributed by atoms with Gasteiger partial charge in [0, 0.05) is 42.4 Å². The molecule has 2 aliphatic rings. The average Bonchev–Trinajstić information content (AvgIpc) is 2.99. The number of carbonyl (C=O) groups is 1. The molecule has 0 bridgehead atoms. The third-order valence-corrected chi connectivity index (χ3v) is 6.46. The number of benzene rings is 1. The van der Waals surface area contributed by atoms with E-state index in [4.69, 9.17) is 0 Å². The van der Waals surface area contributed by atoms with Crippen LogP contribution in [0.2, 0.25) is 0 Å². The van der Waals surface area contributed by atoms with Crippen LogP contribution in [0.1, 0.15) is 23.4 Å². The van der Waals surface area contributed by atoms with E-state index in [1.54, 1.807) is 0 Å². The van der Waals surface area contributed by atoms with Gasteiger partial charge in [0.25, 0.3) is 0 Å². The third-order valence-electron chi connectivity index (χ3n) is 5.38. The van der Waals surface area contributed by atoms with Crippen molar-refractivity contribution < 1.29 is 4.79 Å². The zero-order valence-corrected chi connectivity index (χ0v) is 16.3. The Hall–Kier alpha value is -1.96. The van der Waals surface area contributed by atoms with Crippen molar-refractivity contribution in [3.63, 3.8) is 0 Å². The van der Waals surface area contributed by atoms with Crippen LogP contribution in [0.3, 0.4) is 0 Å². The number of para-hydroxylation sites is 1. The number of carbonyl (C=O) groups excluding carboxylic acids is 1. The second-order valence-corrected chi connectivity index (χ2v) is 8.37. The van der Waals surface area contributed by atoms with E-state index in [0.717, 1.165) is 44.7 Å². The number of amides is 1. The summed E-state index contributed by atoms with van der Waals surface area (Å²) in [7, 11) is 0. The predicted octanol–water partition coefficient (Wildman–Crippen LogP) is 2.00. The molecular formula is C20H26N4O2S. The number of nitrogens with zero attached hydrogens (tertiary/aromatic N) is 3. The quantitative estimate of drug-likeness (QED) is 0.854. The topological polar surface area (TPSA) is 57.6 Å². The van der Waals surface area contributed by atoms with E-state index in [1.165, 1.54) is 34.7 Å². The van der Waals surface area contributed by atoms with E-state index in [-0.39, 0.29) is 10.8 Å². The van der Waals surface area contributed by atoms with E-state index in [9.17, 15) is 9.59 Å². The summed E-state index contributed by atoms with van der Waals surface area (Å²) in [6, 6.07) is 9.56. The number of nitrogens with one attached hydrogen (secondary N) is 1. The van der Waals surface area contributed by atoms with Crippen molar-refractivity contribution in [2.45, 2.75) is 32.4 Å². The smallest absolute Gasteiger partial charge is 0.308 e. The lowest BCUT2D eigenvalue weighted by molar-refractivity contribution is -0.117. The van der Waals surface area contributed by atoms with E-state index in [2.05, 4.69) is 15.1 Å². The Morgan fingerprint density at radius 2 is 1.70 bits per heavy atom. The van der Waals surface area contributed by atoms with Crippen LogP contribution in [-0.2, 0) is 24.3 Å².